The van der Waals surface area contributed by atoms with Crippen molar-refractivity contribution < 1.29 is 22.5 Å². The third kappa shape index (κ3) is 6.07. The van der Waals surface area contributed by atoms with Crippen LogP contribution in [0, 0.1) is 6.92 Å². The lowest BCUT2D eigenvalue weighted by molar-refractivity contribution is -0.121. The van der Waals surface area contributed by atoms with Crippen LogP contribution < -0.4 is 14.4 Å². The maximum Gasteiger partial charge on any atom is 0.246 e. The molecule has 3 rings (SSSR count). The molecule has 0 saturated heterocycles. The molecular formula is C22H26N4O5S. The Bertz CT molecular complexity index is 1160. The number of nitrogens with zero attached hydrogens (tertiary/aromatic N) is 3. The van der Waals surface area contributed by atoms with Crippen LogP contribution in [0.3, 0.4) is 0 Å². The van der Waals surface area contributed by atoms with Gasteiger partial charge in [0.05, 0.1) is 25.6 Å². The number of rotatable bonds is 10. The fourth-order valence-electron chi connectivity index (χ4n) is 3.14. The van der Waals surface area contributed by atoms with E-state index in [1.165, 1.54) is 4.31 Å². The lowest BCUT2D eigenvalue weighted by atomic mass is 10.2. The molecule has 9 nitrogen and oxygen atoms in total. The van der Waals surface area contributed by atoms with Crippen molar-refractivity contribution >= 4 is 21.6 Å². The molecule has 3 aromatic rings. The molecule has 1 heterocycles. The second kappa shape index (κ2) is 10.3. The van der Waals surface area contributed by atoms with Gasteiger partial charge in [-0.2, -0.15) is 4.98 Å². The van der Waals surface area contributed by atoms with E-state index < -0.39 is 10.0 Å². The van der Waals surface area contributed by atoms with Crippen molar-refractivity contribution in [2.45, 2.75) is 26.3 Å². The average Bonchev–Trinajstić information content (AvgIpc) is 3.24. The summed E-state index contributed by atoms with van der Waals surface area (Å²) in [6.07, 6.45) is 1.70. The summed E-state index contributed by atoms with van der Waals surface area (Å²) < 4.78 is 36.1. The Morgan fingerprint density at radius 3 is 2.53 bits per heavy atom. The van der Waals surface area contributed by atoms with Crippen LogP contribution in [-0.2, 0) is 21.4 Å². The van der Waals surface area contributed by atoms with Crippen molar-refractivity contribution in [3.05, 3.63) is 60.0 Å². The van der Waals surface area contributed by atoms with Gasteiger partial charge < -0.3 is 14.6 Å². The molecule has 1 N–H and O–H groups in total. The maximum absolute atomic E-state index is 12.2. The molecule has 0 spiro atoms. The molecule has 170 valence electrons. The number of nitrogens with one attached hydrogen (secondary N) is 1. The summed E-state index contributed by atoms with van der Waals surface area (Å²) in [7, 11) is -1.87. The Hall–Kier alpha value is -3.40. The van der Waals surface area contributed by atoms with Gasteiger partial charge in [-0.1, -0.05) is 23.4 Å². The minimum atomic E-state index is -3.46. The number of hydrogen-bond donors (Lipinski definition) is 1. The third-order valence-electron chi connectivity index (χ3n) is 4.80. The third-order valence-corrected chi connectivity index (χ3v) is 5.98. The van der Waals surface area contributed by atoms with Gasteiger partial charge in [-0.05, 0) is 49.2 Å². The summed E-state index contributed by atoms with van der Waals surface area (Å²) in [6, 6.07) is 14.5. The first-order chi connectivity index (χ1) is 15.3. The van der Waals surface area contributed by atoms with E-state index in [9.17, 15) is 13.2 Å². The highest BCUT2D eigenvalue weighted by atomic mass is 32.2. The number of benzene rings is 2. The van der Waals surface area contributed by atoms with Gasteiger partial charge in [0.1, 0.15) is 5.75 Å². The normalized spacial score (nSPS) is 11.2. The molecular weight excluding hydrogens is 432 g/mol. The molecule has 1 aromatic heterocycles. The van der Waals surface area contributed by atoms with Crippen molar-refractivity contribution in [1.29, 1.82) is 0 Å². The zero-order valence-electron chi connectivity index (χ0n) is 18.2. The summed E-state index contributed by atoms with van der Waals surface area (Å²) in [5.74, 6) is 1.19. The van der Waals surface area contributed by atoms with Gasteiger partial charge in [-0.3, -0.25) is 9.10 Å². The van der Waals surface area contributed by atoms with Crippen LogP contribution in [0.25, 0.3) is 11.4 Å². The first-order valence-electron chi connectivity index (χ1n) is 10.0. The van der Waals surface area contributed by atoms with Crippen LogP contribution in [0.15, 0.2) is 53.1 Å². The van der Waals surface area contributed by atoms with Gasteiger partial charge in [0, 0.05) is 18.5 Å². The Morgan fingerprint density at radius 2 is 1.88 bits per heavy atom. The molecule has 0 radical (unpaired) electrons. The lowest BCUT2D eigenvalue weighted by Crippen LogP contribution is -2.32. The predicted molar refractivity (Wildman–Crippen MR) is 121 cm³/mol. The molecule has 32 heavy (non-hydrogen) atoms. The topological polar surface area (TPSA) is 115 Å². The zero-order chi connectivity index (χ0) is 23.1. The number of aromatic nitrogens is 2. The van der Waals surface area contributed by atoms with Crippen molar-refractivity contribution in [1.82, 2.24) is 15.5 Å². The number of hydrogen-bond acceptors (Lipinski definition) is 7. The van der Waals surface area contributed by atoms with E-state index in [1.807, 2.05) is 31.2 Å². The number of para-hydroxylation sites is 1. The molecule has 1 amide bonds. The van der Waals surface area contributed by atoms with E-state index in [-0.39, 0.29) is 31.3 Å². The highest BCUT2D eigenvalue weighted by Crippen LogP contribution is 2.22. The van der Waals surface area contributed by atoms with Crippen molar-refractivity contribution in [3.63, 3.8) is 0 Å². The number of ether oxygens (including phenoxy) is 1. The Morgan fingerprint density at radius 1 is 1.16 bits per heavy atom. The summed E-state index contributed by atoms with van der Waals surface area (Å²) in [5.41, 5.74) is 2.24. The minimum absolute atomic E-state index is 0.0928. The molecule has 10 heteroatoms. The van der Waals surface area contributed by atoms with E-state index in [2.05, 4.69) is 15.5 Å². The van der Waals surface area contributed by atoms with E-state index in [4.69, 9.17) is 9.26 Å². The van der Waals surface area contributed by atoms with Gasteiger partial charge in [0.15, 0.2) is 0 Å². The summed E-state index contributed by atoms with van der Waals surface area (Å²) >= 11 is 0. The highest BCUT2D eigenvalue weighted by Gasteiger charge is 2.19. The molecule has 0 aliphatic rings. The number of carbonyl (C=O) groups excluding carboxylic acids is 1. The number of aryl methyl sites for hydroxylation is 1. The maximum atomic E-state index is 12.2. The number of sulfonamides is 1. The second-order valence-electron chi connectivity index (χ2n) is 7.24. The average molecular weight is 459 g/mol. The zero-order valence-corrected chi connectivity index (χ0v) is 19.1. The summed E-state index contributed by atoms with van der Waals surface area (Å²) in [6.45, 7) is 2.15. The number of anilines is 1. The molecule has 0 atom stereocenters. The van der Waals surface area contributed by atoms with Gasteiger partial charge >= 0.3 is 0 Å². The van der Waals surface area contributed by atoms with Crippen molar-refractivity contribution in [2.24, 2.45) is 0 Å². The van der Waals surface area contributed by atoms with Crippen LogP contribution >= 0.6 is 0 Å². The molecule has 0 aliphatic carbocycles. The molecule has 0 unspecified atom stereocenters. The quantitative estimate of drug-likeness (QED) is 0.497. The standard InChI is InChI=1S/C22H26N4O5S/c1-16-7-4-5-8-19(16)26(32(3,28)29)14-6-9-20(27)23-15-21-24-22(25-31-21)17-10-12-18(30-2)13-11-17/h4-5,7-8,10-13H,6,9,14-15H2,1-3H3,(H,23,27). The second-order valence-corrected chi connectivity index (χ2v) is 9.15. The van der Waals surface area contributed by atoms with Gasteiger partial charge in [0.2, 0.25) is 27.6 Å². The van der Waals surface area contributed by atoms with Gasteiger partial charge in [-0.25, -0.2) is 8.42 Å². The van der Waals surface area contributed by atoms with E-state index in [1.54, 1.807) is 31.4 Å². The van der Waals surface area contributed by atoms with E-state index in [0.717, 1.165) is 23.1 Å². The highest BCUT2D eigenvalue weighted by molar-refractivity contribution is 7.92. The van der Waals surface area contributed by atoms with Crippen LogP contribution in [0.4, 0.5) is 5.69 Å². The van der Waals surface area contributed by atoms with E-state index in [0.29, 0.717) is 17.9 Å². The van der Waals surface area contributed by atoms with Crippen LogP contribution in [0.1, 0.15) is 24.3 Å². The summed E-state index contributed by atoms with van der Waals surface area (Å²) in [4.78, 5) is 16.5. The molecule has 0 saturated carbocycles. The fraction of sp³-hybridized carbons (Fsp3) is 0.318. The summed E-state index contributed by atoms with van der Waals surface area (Å²) in [5, 5.41) is 6.64. The molecule has 2 aromatic carbocycles. The number of carbonyl (C=O) groups is 1. The Balaban J connectivity index is 1.51. The molecule has 0 aliphatic heterocycles. The first-order valence-corrected chi connectivity index (χ1v) is 11.9. The van der Waals surface area contributed by atoms with Gasteiger partial charge in [-0.15, -0.1) is 0 Å². The Labute approximate surface area is 187 Å². The van der Waals surface area contributed by atoms with Gasteiger partial charge in [0.25, 0.3) is 0 Å². The largest absolute Gasteiger partial charge is 0.497 e. The molecule has 0 bridgehead atoms. The minimum Gasteiger partial charge on any atom is -0.497 e. The molecule has 0 fully saturated rings. The van der Waals surface area contributed by atoms with Crippen molar-refractivity contribution in [2.75, 3.05) is 24.2 Å². The predicted octanol–water partition coefficient (Wildman–Crippen LogP) is 2.92. The monoisotopic (exact) mass is 458 g/mol. The van der Waals surface area contributed by atoms with Crippen LogP contribution in [0.5, 0.6) is 5.75 Å². The fourth-order valence-corrected chi connectivity index (χ4v) is 4.16. The first kappa shape index (κ1) is 23.3. The van der Waals surface area contributed by atoms with E-state index >= 15 is 0 Å². The smallest absolute Gasteiger partial charge is 0.246 e. The van der Waals surface area contributed by atoms with Crippen LogP contribution in [-0.4, -0.2) is 44.4 Å². The SMILES string of the molecule is COc1ccc(-c2noc(CNC(=O)CCCN(c3ccccc3C)S(C)(=O)=O)n2)cc1. The van der Waals surface area contributed by atoms with Crippen molar-refractivity contribution in [3.8, 4) is 17.1 Å². The van der Waals surface area contributed by atoms with Crippen LogP contribution in [0.2, 0.25) is 0 Å². The lowest BCUT2D eigenvalue weighted by Gasteiger charge is -2.24. The number of amides is 1. The Kier molecular flexibility index (Phi) is 7.47. The number of methoxy groups -OCH3 is 1.